The lowest BCUT2D eigenvalue weighted by Crippen LogP contribution is -1.91. The van der Waals surface area contributed by atoms with Crippen LogP contribution in [0.1, 0.15) is 0 Å². The Morgan fingerprint density at radius 3 is 3.09 bits per heavy atom. The molecule has 0 atom stereocenters. The van der Waals surface area contributed by atoms with Gasteiger partial charge < -0.3 is 4.74 Å². The maximum absolute atomic E-state index is 10.1. The lowest BCUT2D eigenvalue weighted by atomic mass is 10.4. The van der Waals surface area contributed by atoms with E-state index in [0.29, 0.717) is 5.75 Å². The molecule has 5 heteroatoms. The van der Waals surface area contributed by atoms with Crippen molar-refractivity contribution in [3.63, 3.8) is 0 Å². The van der Waals surface area contributed by atoms with Crippen molar-refractivity contribution in [1.82, 2.24) is 4.98 Å². The molecule has 0 unspecified atom stereocenters. The first-order chi connectivity index (χ1) is 5.24. The first-order valence-electron chi connectivity index (χ1n) is 2.80. The van der Waals surface area contributed by atoms with Crippen LogP contribution in [0, 0.1) is 16.3 Å². The highest BCUT2D eigenvalue weighted by molar-refractivity contribution is 5.32. The molecule has 0 fully saturated rings. The molecule has 11 heavy (non-hydrogen) atoms. The van der Waals surface area contributed by atoms with Gasteiger partial charge in [-0.3, -0.25) is 10.1 Å². The van der Waals surface area contributed by atoms with Crippen molar-refractivity contribution >= 4 is 5.69 Å². The van der Waals surface area contributed by atoms with E-state index in [0.717, 1.165) is 0 Å². The molecular formula is C6H5N2O3. The van der Waals surface area contributed by atoms with Crippen LogP contribution in [0.4, 0.5) is 5.69 Å². The molecule has 1 radical (unpaired) electrons. The molecule has 0 aliphatic rings. The van der Waals surface area contributed by atoms with Gasteiger partial charge in [0.2, 0.25) is 0 Å². The van der Waals surface area contributed by atoms with Crippen LogP contribution < -0.4 is 4.74 Å². The largest absolute Gasteiger partial charge is 0.495 e. The molecule has 1 heterocycles. The molecule has 57 valence electrons. The first kappa shape index (κ1) is 7.46. The number of nitrogens with zero attached hydrogens (tertiary/aromatic N) is 2. The Balaban J connectivity index is 3.01. The van der Waals surface area contributed by atoms with Gasteiger partial charge in [-0.25, -0.2) is 4.98 Å². The molecule has 0 saturated heterocycles. The molecule has 5 nitrogen and oxygen atoms in total. The van der Waals surface area contributed by atoms with E-state index in [9.17, 15) is 10.1 Å². The minimum Gasteiger partial charge on any atom is -0.495 e. The minimum atomic E-state index is -0.574. The number of hydrogen-bond acceptors (Lipinski definition) is 4. The molecule has 0 amide bonds. The first-order valence-corrected chi connectivity index (χ1v) is 2.80. The molecule has 0 aliphatic carbocycles. The van der Waals surface area contributed by atoms with Gasteiger partial charge in [0.15, 0.2) is 6.20 Å². The Bertz CT molecular complexity index is 274. The fraction of sp³-hybridized carbons (Fsp3) is 0.167. The zero-order valence-electron chi connectivity index (χ0n) is 5.77. The van der Waals surface area contributed by atoms with Crippen LogP contribution in [0.15, 0.2) is 12.3 Å². The maximum atomic E-state index is 10.1. The highest BCUT2D eigenvalue weighted by Gasteiger charge is 2.06. The number of ether oxygens (including phenoxy) is 1. The second-order valence-corrected chi connectivity index (χ2v) is 1.76. The van der Waals surface area contributed by atoms with Crippen LogP contribution in [0.25, 0.3) is 0 Å². The van der Waals surface area contributed by atoms with Gasteiger partial charge >= 0.3 is 5.69 Å². The maximum Gasteiger partial charge on any atom is 0.301 e. The Kier molecular flexibility index (Phi) is 2.00. The molecular weight excluding hydrogens is 148 g/mol. The fourth-order valence-corrected chi connectivity index (χ4v) is 0.571. The van der Waals surface area contributed by atoms with Gasteiger partial charge in [0.25, 0.3) is 0 Å². The lowest BCUT2D eigenvalue weighted by Gasteiger charge is -1.95. The number of rotatable bonds is 2. The summed E-state index contributed by atoms with van der Waals surface area (Å²) in [5.41, 5.74) is -0.190. The van der Waals surface area contributed by atoms with Crippen LogP contribution in [-0.2, 0) is 0 Å². The molecule has 0 bridgehead atoms. The number of methoxy groups -OCH3 is 1. The van der Waals surface area contributed by atoms with E-state index in [1.54, 1.807) is 0 Å². The third-order valence-corrected chi connectivity index (χ3v) is 1.08. The van der Waals surface area contributed by atoms with E-state index < -0.39 is 4.92 Å². The standard InChI is InChI=1S/C6H5N2O3/c1-11-6-2-5(8(9)10)3-7-4-6/h2,4H,1H3. The second-order valence-electron chi connectivity index (χ2n) is 1.76. The van der Waals surface area contributed by atoms with Crippen molar-refractivity contribution in [2.24, 2.45) is 0 Å². The predicted octanol–water partition coefficient (Wildman–Crippen LogP) is 0.799. The summed E-state index contributed by atoms with van der Waals surface area (Å²) in [6.45, 7) is 0. The molecule has 0 saturated carbocycles. The summed E-state index contributed by atoms with van der Waals surface area (Å²) < 4.78 is 4.72. The SMILES string of the molecule is COc1cn[c]c([N+](=O)[O-])c1. The molecule has 0 aliphatic heterocycles. The fourth-order valence-electron chi connectivity index (χ4n) is 0.571. The van der Waals surface area contributed by atoms with Crippen LogP contribution in [0.2, 0.25) is 0 Å². The quantitative estimate of drug-likeness (QED) is 0.465. The molecule has 0 N–H and O–H groups in total. The third-order valence-electron chi connectivity index (χ3n) is 1.08. The Hall–Kier alpha value is -1.65. The van der Waals surface area contributed by atoms with Gasteiger partial charge in [0, 0.05) is 0 Å². The van der Waals surface area contributed by atoms with E-state index in [-0.39, 0.29) is 5.69 Å². The topological polar surface area (TPSA) is 65.3 Å². The number of hydrogen-bond donors (Lipinski definition) is 0. The Morgan fingerprint density at radius 2 is 2.55 bits per heavy atom. The van der Waals surface area contributed by atoms with Gasteiger partial charge in [0.1, 0.15) is 5.75 Å². The minimum absolute atomic E-state index is 0.190. The summed E-state index contributed by atoms with van der Waals surface area (Å²) in [6.07, 6.45) is 3.57. The van der Waals surface area contributed by atoms with E-state index in [1.807, 2.05) is 0 Å². The summed E-state index contributed by atoms with van der Waals surface area (Å²) >= 11 is 0. The van der Waals surface area contributed by atoms with E-state index >= 15 is 0 Å². The van der Waals surface area contributed by atoms with Gasteiger partial charge in [0.05, 0.1) is 24.3 Å². The summed E-state index contributed by atoms with van der Waals surface area (Å²) in [7, 11) is 1.42. The number of aromatic nitrogens is 1. The highest BCUT2D eigenvalue weighted by Crippen LogP contribution is 2.15. The number of nitro groups is 1. The third kappa shape index (κ3) is 1.64. The van der Waals surface area contributed by atoms with E-state index in [2.05, 4.69) is 11.2 Å². The van der Waals surface area contributed by atoms with Gasteiger partial charge in [-0.1, -0.05) is 0 Å². The van der Waals surface area contributed by atoms with E-state index in [1.165, 1.54) is 19.4 Å². The van der Waals surface area contributed by atoms with Crippen molar-refractivity contribution in [3.05, 3.63) is 28.6 Å². The molecule has 1 rings (SSSR count). The summed E-state index contributed by atoms with van der Waals surface area (Å²) in [5.74, 6) is 0.357. The summed E-state index contributed by atoms with van der Waals surface area (Å²) in [4.78, 5) is 13.1. The zero-order valence-corrected chi connectivity index (χ0v) is 5.77. The molecule has 0 spiro atoms. The van der Waals surface area contributed by atoms with Gasteiger partial charge in [-0.2, -0.15) is 0 Å². The lowest BCUT2D eigenvalue weighted by molar-refractivity contribution is -0.385. The average molecular weight is 153 g/mol. The predicted molar refractivity (Wildman–Crippen MR) is 36.3 cm³/mol. The van der Waals surface area contributed by atoms with Crippen molar-refractivity contribution in [2.75, 3.05) is 7.11 Å². The normalized spacial score (nSPS) is 9.18. The van der Waals surface area contributed by atoms with E-state index in [4.69, 9.17) is 4.74 Å². The molecule has 1 aromatic heterocycles. The molecule has 0 aromatic carbocycles. The summed E-state index contributed by atoms with van der Waals surface area (Å²) in [5, 5.41) is 10.1. The van der Waals surface area contributed by atoms with Crippen LogP contribution >= 0.6 is 0 Å². The summed E-state index contributed by atoms with van der Waals surface area (Å²) in [6, 6.07) is 1.26. The monoisotopic (exact) mass is 153 g/mol. The van der Waals surface area contributed by atoms with Crippen molar-refractivity contribution in [3.8, 4) is 5.75 Å². The van der Waals surface area contributed by atoms with Crippen LogP contribution in [-0.4, -0.2) is 17.0 Å². The highest BCUT2D eigenvalue weighted by atomic mass is 16.6. The van der Waals surface area contributed by atoms with Crippen molar-refractivity contribution in [2.45, 2.75) is 0 Å². The smallest absolute Gasteiger partial charge is 0.301 e. The van der Waals surface area contributed by atoms with Crippen LogP contribution in [0.5, 0.6) is 5.75 Å². The van der Waals surface area contributed by atoms with Crippen molar-refractivity contribution < 1.29 is 9.66 Å². The number of pyridine rings is 1. The van der Waals surface area contributed by atoms with Crippen molar-refractivity contribution in [1.29, 1.82) is 0 Å². The van der Waals surface area contributed by atoms with Gasteiger partial charge in [-0.15, -0.1) is 0 Å². The second kappa shape index (κ2) is 2.96. The van der Waals surface area contributed by atoms with Gasteiger partial charge in [-0.05, 0) is 0 Å². The average Bonchev–Trinajstić information content (AvgIpc) is 2.05. The Labute approximate surface area is 62.8 Å². The molecule has 1 aromatic rings. The Morgan fingerprint density at radius 1 is 1.82 bits per heavy atom. The van der Waals surface area contributed by atoms with Crippen LogP contribution in [0.3, 0.4) is 0 Å². The zero-order chi connectivity index (χ0) is 8.27.